The van der Waals surface area contributed by atoms with Gasteiger partial charge in [-0.2, -0.15) is 0 Å². The number of hydrogen-bond acceptors (Lipinski definition) is 5. The second-order valence-corrected chi connectivity index (χ2v) is 8.50. The van der Waals surface area contributed by atoms with E-state index in [4.69, 9.17) is 25.9 Å². The molecule has 0 radical (unpaired) electrons. The van der Waals surface area contributed by atoms with Crippen LogP contribution in [0.25, 0.3) is 11.5 Å². The third-order valence-corrected chi connectivity index (χ3v) is 5.11. The highest BCUT2D eigenvalue weighted by molar-refractivity contribution is 6.33. The lowest BCUT2D eigenvalue weighted by Crippen LogP contribution is -2.37. The summed E-state index contributed by atoms with van der Waals surface area (Å²) in [4.78, 5) is 28.4. The molecule has 0 unspecified atom stereocenters. The molecule has 7 nitrogen and oxygen atoms in total. The van der Waals surface area contributed by atoms with Gasteiger partial charge in [0.05, 0.1) is 17.1 Å². The number of halogens is 1. The lowest BCUT2D eigenvalue weighted by atomic mass is 10.1. The lowest BCUT2D eigenvalue weighted by Gasteiger charge is -2.21. The van der Waals surface area contributed by atoms with Gasteiger partial charge in [-0.3, -0.25) is 4.79 Å². The molecule has 3 rings (SSSR count). The fourth-order valence-electron chi connectivity index (χ4n) is 2.97. The first-order valence-electron chi connectivity index (χ1n) is 10.1. The molecule has 0 saturated heterocycles. The first-order chi connectivity index (χ1) is 15.1. The van der Waals surface area contributed by atoms with Crippen LogP contribution in [0.5, 0.6) is 5.75 Å². The van der Waals surface area contributed by atoms with E-state index in [1.54, 1.807) is 30.3 Å². The van der Waals surface area contributed by atoms with Crippen molar-refractivity contribution in [3.63, 3.8) is 0 Å². The van der Waals surface area contributed by atoms with Gasteiger partial charge in [0.2, 0.25) is 5.89 Å². The zero-order valence-corrected chi connectivity index (χ0v) is 19.1. The SMILES string of the molecule is CC(C)c1oc(-c2ccccc2Cl)nc1CNC(=O)c1ccc(OC(C)(C)C(=O)O)cc1. The summed E-state index contributed by atoms with van der Waals surface area (Å²) in [7, 11) is 0. The van der Waals surface area contributed by atoms with E-state index < -0.39 is 11.6 Å². The first kappa shape index (κ1) is 23.3. The highest BCUT2D eigenvalue weighted by Gasteiger charge is 2.29. The number of amides is 1. The van der Waals surface area contributed by atoms with Crippen LogP contribution in [0.3, 0.4) is 0 Å². The minimum absolute atomic E-state index is 0.0691. The number of carbonyl (C=O) groups excluding carboxylic acids is 1. The number of ether oxygens (including phenoxy) is 1. The maximum Gasteiger partial charge on any atom is 0.347 e. The zero-order valence-electron chi connectivity index (χ0n) is 18.3. The molecule has 0 fully saturated rings. The minimum atomic E-state index is -1.37. The fraction of sp³-hybridized carbons (Fsp3) is 0.292. The Morgan fingerprint density at radius 3 is 2.41 bits per heavy atom. The summed E-state index contributed by atoms with van der Waals surface area (Å²) in [5.41, 5.74) is 0.356. The van der Waals surface area contributed by atoms with E-state index in [1.165, 1.54) is 13.8 Å². The molecule has 0 bridgehead atoms. The van der Waals surface area contributed by atoms with Crippen molar-refractivity contribution >= 4 is 23.5 Å². The third-order valence-electron chi connectivity index (χ3n) is 4.78. The number of nitrogens with zero attached hydrogens (tertiary/aromatic N) is 1. The lowest BCUT2D eigenvalue weighted by molar-refractivity contribution is -0.152. The molecule has 1 amide bonds. The van der Waals surface area contributed by atoms with Gasteiger partial charge in [0.15, 0.2) is 5.60 Å². The van der Waals surface area contributed by atoms with Crippen molar-refractivity contribution < 1.29 is 23.8 Å². The van der Waals surface area contributed by atoms with Crippen LogP contribution in [0.2, 0.25) is 5.02 Å². The summed E-state index contributed by atoms with van der Waals surface area (Å²) in [5, 5.41) is 12.5. The molecule has 8 heteroatoms. The Kier molecular flexibility index (Phi) is 6.89. The molecule has 0 aliphatic heterocycles. The molecule has 168 valence electrons. The van der Waals surface area contributed by atoms with Gasteiger partial charge in [0, 0.05) is 11.5 Å². The maximum atomic E-state index is 12.6. The second kappa shape index (κ2) is 9.44. The molecule has 0 aliphatic rings. The molecule has 0 aliphatic carbocycles. The van der Waals surface area contributed by atoms with Crippen LogP contribution < -0.4 is 10.1 Å². The van der Waals surface area contributed by atoms with Crippen molar-refractivity contribution in [3.05, 3.63) is 70.6 Å². The van der Waals surface area contributed by atoms with Gasteiger partial charge in [-0.15, -0.1) is 0 Å². The van der Waals surface area contributed by atoms with Gasteiger partial charge in [-0.25, -0.2) is 9.78 Å². The molecule has 2 N–H and O–H groups in total. The number of nitrogens with one attached hydrogen (secondary N) is 1. The van der Waals surface area contributed by atoms with Crippen molar-refractivity contribution in [2.75, 3.05) is 0 Å². The molecule has 1 heterocycles. The van der Waals surface area contributed by atoms with E-state index in [1.807, 2.05) is 32.0 Å². The van der Waals surface area contributed by atoms with Gasteiger partial charge >= 0.3 is 5.97 Å². The van der Waals surface area contributed by atoms with Gasteiger partial charge in [0.25, 0.3) is 5.91 Å². The summed E-state index contributed by atoms with van der Waals surface area (Å²) in [5.74, 6) is 0.137. The zero-order chi connectivity index (χ0) is 23.5. The summed E-state index contributed by atoms with van der Waals surface area (Å²) in [6.45, 7) is 7.07. The number of aliphatic carboxylic acids is 1. The van der Waals surface area contributed by atoms with E-state index in [2.05, 4.69) is 10.3 Å². The maximum absolute atomic E-state index is 12.6. The average Bonchev–Trinajstić information content (AvgIpc) is 3.17. The molecule has 2 aromatic carbocycles. The second-order valence-electron chi connectivity index (χ2n) is 8.09. The number of benzene rings is 2. The molecule has 3 aromatic rings. The molecular weight excluding hydrogens is 432 g/mol. The van der Waals surface area contributed by atoms with Crippen molar-refractivity contribution in [2.24, 2.45) is 0 Å². The Labute approximate surface area is 191 Å². The van der Waals surface area contributed by atoms with Crippen molar-refractivity contribution in [2.45, 2.75) is 45.8 Å². The van der Waals surface area contributed by atoms with Crippen LogP contribution in [0, 0.1) is 0 Å². The summed E-state index contributed by atoms with van der Waals surface area (Å²) < 4.78 is 11.4. The summed E-state index contributed by atoms with van der Waals surface area (Å²) in [6.07, 6.45) is 0. The average molecular weight is 457 g/mol. The molecule has 0 atom stereocenters. The monoisotopic (exact) mass is 456 g/mol. The number of carboxylic acid groups (broad SMARTS) is 1. The van der Waals surface area contributed by atoms with Crippen LogP contribution in [-0.2, 0) is 11.3 Å². The molecular formula is C24H25ClN2O5. The molecule has 0 saturated carbocycles. The van der Waals surface area contributed by atoms with Crippen molar-refractivity contribution in [1.29, 1.82) is 0 Å². The number of rotatable bonds is 8. The minimum Gasteiger partial charge on any atom is -0.478 e. The van der Waals surface area contributed by atoms with Crippen molar-refractivity contribution in [3.8, 4) is 17.2 Å². The number of hydrogen-bond donors (Lipinski definition) is 2. The predicted octanol–water partition coefficient (Wildman–Crippen LogP) is 5.29. The number of carboxylic acids is 1. The van der Waals surface area contributed by atoms with Crippen molar-refractivity contribution in [1.82, 2.24) is 10.3 Å². The Morgan fingerprint density at radius 2 is 1.81 bits per heavy atom. The van der Waals surface area contributed by atoms with Crippen LogP contribution in [-0.4, -0.2) is 27.6 Å². The van der Waals surface area contributed by atoms with Crippen LogP contribution >= 0.6 is 11.6 Å². The Morgan fingerprint density at radius 1 is 1.16 bits per heavy atom. The number of oxazole rings is 1. The third kappa shape index (κ3) is 5.29. The smallest absolute Gasteiger partial charge is 0.347 e. The van der Waals surface area contributed by atoms with Crippen LogP contribution in [0.4, 0.5) is 0 Å². The molecule has 1 aromatic heterocycles. The molecule has 0 spiro atoms. The quantitative estimate of drug-likeness (QED) is 0.477. The standard InChI is InChI=1S/C24H25ClN2O5/c1-14(2)20-19(27-22(31-20)17-7-5-6-8-18(17)25)13-26-21(28)15-9-11-16(12-10-15)32-24(3,4)23(29)30/h5-12,14H,13H2,1-4H3,(H,26,28)(H,29,30). The number of carbonyl (C=O) groups is 2. The van der Waals surface area contributed by atoms with Gasteiger partial charge < -0.3 is 19.6 Å². The topological polar surface area (TPSA) is 102 Å². The highest BCUT2D eigenvalue weighted by Crippen LogP contribution is 2.31. The Hall–Kier alpha value is -3.32. The predicted molar refractivity (Wildman–Crippen MR) is 121 cm³/mol. The first-order valence-corrected chi connectivity index (χ1v) is 10.5. The molecule has 32 heavy (non-hydrogen) atoms. The summed E-state index contributed by atoms with van der Waals surface area (Å²) >= 11 is 6.27. The van der Waals surface area contributed by atoms with Crippen LogP contribution in [0.1, 0.15) is 55.4 Å². The largest absolute Gasteiger partial charge is 0.478 e. The van der Waals surface area contributed by atoms with E-state index in [0.717, 1.165) is 0 Å². The Bertz CT molecular complexity index is 1120. The number of aromatic nitrogens is 1. The van der Waals surface area contributed by atoms with Gasteiger partial charge in [-0.05, 0) is 50.2 Å². The van der Waals surface area contributed by atoms with Crippen LogP contribution in [0.15, 0.2) is 52.9 Å². The highest BCUT2D eigenvalue weighted by atomic mass is 35.5. The van der Waals surface area contributed by atoms with E-state index in [-0.39, 0.29) is 18.4 Å². The van der Waals surface area contributed by atoms with Gasteiger partial charge in [0.1, 0.15) is 17.2 Å². The Balaban J connectivity index is 1.72. The van der Waals surface area contributed by atoms with E-state index >= 15 is 0 Å². The summed E-state index contributed by atoms with van der Waals surface area (Å²) in [6, 6.07) is 13.5. The van der Waals surface area contributed by atoms with Gasteiger partial charge in [-0.1, -0.05) is 37.6 Å². The normalized spacial score (nSPS) is 11.4. The van der Waals surface area contributed by atoms with E-state index in [0.29, 0.717) is 39.2 Å². The fourth-order valence-corrected chi connectivity index (χ4v) is 3.19. The van der Waals surface area contributed by atoms with E-state index in [9.17, 15) is 9.59 Å².